The Bertz CT molecular complexity index is 859. The summed E-state index contributed by atoms with van der Waals surface area (Å²) in [4.78, 5) is 16.5. The van der Waals surface area contributed by atoms with Crippen molar-refractivity contribution in [1.29, 1.82) is 0 Å². The van der Waals surface area contributed by atoms with E-state index in [2.05, 4.69) is 10.3 Å². The molecular weight excluding hydrogens is 330 g/mol. The van der Waals surface area contributed by atoms with Gasteiger partial charge in [-0.25, -0.2) is 4.98 Å². The van der Waals surface area contributed by atoms with Gasteiger partial charge >= 0.3 is 0 Å². The molecule has 0 saturated heterocycles. The second-order valence-electron chi connectivity index (χ2n) is 5.80. The largest absolute Gasteiger partial charge is 0.497 e. The van der Waals surface area contributed by atoms with Crippen LogP contribution in [0, 0.1) is 0 Å². The van der Waals surface area contributed by atoms with Gasteiger partial charge in [0.2, 0.25) is 0 Å². The maximum Gasteiger partial charge on any atom is 0.255 e. The molecule has 0 aliphatic carbocycles. The zero-order valence-electron chi connectivity index (χ0n) is 14.8. The fourth-order valence-corrected chi connectivity index (χ4v) is 2.62. The van der Waals surface area contributed by atoms with E-state index in [-0.39, 0.29) is 5.91 Å². The van der Waals surface area contributed by atoms with Crippen LogP contribution in [0.15, 0.2) is 61.2 Å². The van der Waals surface area contributed by atoms with Crippen LogP contribution in [0.5, 0.6) is 11.5 Å². The first-order valence-electron chi connectivity index (χ1n) is 8.23. The fourth-order valence-electron chi connectivity index (χ4n) is 2.62. The van der Waals surface area contributed by atoms with E-state index < -0.39 is 0 Å². The number of nitrogens with zero attached hydrogens (tertiary/aromatic N) is 2. The summed E-state index contributed by atoms with van der Waals surface area (Å²) in [6.07, 6.45) is 5.47. The topological polar surface area (TPSA) is 65.4 Å². The molecule has 0 fully saturated rings. The van der Waals surface area contributed by atoms with Gasteiger partial charge in [0.05, 0.1) is 26.1 Å². The quantitative estimate of drug-likeness (QED) is 0.711. The first-order valence-corrected chi connectivity index (χ1v) is 8.23. The molecule has 1 amide bonds. The Morgan fingerprint density at radius 2 is 1.85 bits per heavy atom. The van der Waals surface area contributed by atoms with E-state index in [1.807, 2.05) is 35.0 Å². The summed E-state index contributed by atoms with van der Waals surface area (Å²) in [5.41, 5.74) is 2.64. The number of nitrogens with one attached hydrogen (secondary N) is 1. The number of hydrogen-bond donors (Lipinski definition) is 1. The van der Waals surface area contributed by atoms with Gasteiger partial charge in [-0.1, -0.05) is 24.3 Å². The van der Waals surface area contributed by atoms with Gasteiger partial charge in [-0.2, -0.15) is 0 Å². The molecule has 0 aliphatic rings. The Hall–Kier alpha value is -3.28. The molecule has 6 nitrogen and oxygen atoms in total. The van der Waals surface area contributed by atoms with Gasteiger partial charge < -0.3 is 19.4 Å². The molecule has 3 aromatic rings. The van der Waals surface area contributed by atoms with Crippen molar-refractivity contribution in [2.45, 2.75) is 13.1 Å². The molecule has 3 rings (SSSR count). The maximum absolute atomic E-state index is 12.5. The summed E-state index contributed by atoms with van der Waals surface area (Å²) in [6, 6.07) is 13.3. The first-order chi connectivity index (χ1) is 12.7. The van der Waals surface area contributed by atoms with Crippen LogP contribution >= 0.6 is 0 Å². The maximum atomic E-state index is 12.5. The smallest absolute Gasteiger partial charge is 0.255 e. The number of rotatable bonds is 7. The predicted octanol–water partition coefficient (Wildman–Crippen LogP) is 2.88. The first kappa shape index (κ1) is 17.5. The third-order valence-corrected chi connectivity index (χ3v) is 4.05. The summed E-state index contributed by atoms with van der Waals surface area (Å²) in [5, 5.41) is 2.92. The molecule has 134 valence electrons. The molecule has 0 atom stereocenters. The average Bonchev–Trinajstić information content (AvgIpc) is 3.19. The molecule has 1 N–H and O–H groups in total. The van der Waals surface area contributed by atoms with Crippen molar-refractivity contribution in [2.24, 2.45) is 0 Å². The number of benzene rings is 2. The summed E-state index contributed by atoms with van der Waals surface area (Å²) in [6.45, 7) is 1.21. The number of amides is 1. The van der Waals surface area contributed by atoms with Gasteiger partial charge in [0.15, 0.2) is 0 Å². The Morgan fingerprint density at radius 1 is 1.08 bits per heavy atom. The number of imidazole rings is 1. The number of carbonyl (C=O) groups excluding carboxylic acids is 1. The lowest BCUT2D eigenvalue weighted by molar-refractivity contribution is 0.0947. The molecule has 1 heterocycles. The highest BCUT2D eigenvalue weighted by Gasteiger charge is 2.13. The van der Waals surface area contributed by atoms with Crippen molar-refractivity contribution in [1.82, 2.24) is 14.9 Å². The van der Waals surface area contributed by atoms with Crippen LogP contribution in [-0.2, 0) is 13.1 Å². The molecule has 0 spiro atoms. The Labute approximate surface area is 152 Å². The highest BCUT2D eigenvalue weighted by molar-refractivity contribution is 5.97. The van der Waals surface area contributed by atoms with Gasteiger partial charge in [-0.05, 0) is 29.3 Å². The molecule has 2 aromatic carbocycles. The molecule has 0 bridgehead atoms. The molecule has 1 aromatic heterocycles. The summed E-state index contributed by atoms with van der Waals surface area (Å²) >= 11 is 0. The molecule has 0 aliphatic heterocycles. The predicted molar refractivity (Wildman–Crippen MR) is 98.5 cm³/mol. The van der Waals surface area contributed by atoms with E-state index in [0.29, 0.717) is 23.6 Å². The van der Waals surface area contributed by atoms with Crippen molar-refractivity contribution in [2.75, 3.05) is 14.2 Å². The standard InChI is InChI=1S/C20H21N3O3/c1-25-17-7-8-19(26-2)18(11-17)20(24)22-12-15-3-5-16(6-4-15)13-23-10-9-21-14-23/h3-11,14H,12-13H2,1-2H3,(H,22,24). The van der Waals surface area contributed by atoms with E-state index in [4.69, 9.17) is 9.47 Å². The van der Waals surface area contributed by atoms with E-state index in [1.165, 1.54) is 12.7 Å². The van der Waals surface area contributed by atoms with E-state index >= 15 is 0 Å². The number of hydrogen-bond acceptors (Lipinski definition) is 4. The van der Waals surface area contributed by atoms with Crippen LogP contribution in [0.4, 0.5) is 0 Å². The molecule has 0 saturated carbocycles. The average molecular weight is 351 g/mol. The SMILES string of the molecule is COc1ccc(OC)c(C(=O)NCc2ccc(Cn3ccnc3)cc2)c1. The third kappa shape index (κ3) is 4.22. The van der Waals surface area contributed by atoms with Crippen molar-refractivity contribution in [3.8, 4) is 11.5 Å². The third-order valence-electron chi connectivity index (χ3n) is 4.05. The van der Waals surface area contributed by atoms with E-state index in [9.17, 15) is 4.79 Å². The van der Waals surface area contributed by atoms with Gasteiger partial charge in [-0.15, -0.1) is 0 Å². The second kappa shape index (κ2) is 8.20. The van der Waals surface area contributed by atoms with Crippen LogP contribution in [0.3, 0.4) is 0 Å². The Balaban J connectivity index is 1.62. The van der Waals surface area contributed by atoms with Crippen LogP contribution in [0.2, 0.25) is 0 Å². The van der Waals surface area contributed by atoms with E-state index in [0.717, 1.165) is 12.1 Å². The minimum atomic E-state index is -0.205. The zero-order valence-corrected chi connectivity index (χ0v) is 14.8. The minimum Gasteiger partial charge on any atom is -0.497 e. The summed E-state index contributed by atoms with van der Waals surface area (Å²) in [5.74, 6) is 0.919. The number of aromatic nitrogens is 2. The van der Waals surface area contributed by atoms with E-state index in [1.54, 1.807) is 37.8 Å². The van der Waals surface area contributed by atoms with Crippen molar-refractivity contribution in [3.63, 3.8) is 0 Å². The summed E-state index contributed by atoms with van der Waals surface area (Å²) < 4.78 is 12.4. The van der Waals surface area contributed by atoms with Crippen LogP contribution in [-0.4, -0.2) is 29.7 Å². The lowest BCUT2D eigenvalue weighted by Crippen LogP contribution is -2.23. The molecule has 0 unspecified atom stereocenters. The Morgan fingerprint density at radius 3 is 2.50 bits per heavy atom. The van der Waals surface area contributed by atoms with Crippen molar-refractivity contribution >= 4 is 5.91 Å². The van der Waals surface area contributed by atoms with Crippen LogP contribution in [0.1, 0.15) is 21.5 Å². The van der Waals surface area contributed by atoms with Crippen molar-refractivity contribution < 1.29 is 14.3 Å². The summed E-state index contributed by atoms with van der Waals surface area (Å²) in [7, 11) is 3.10. The van der Waals surface area contributed by atoms with Crippen LogP contribution in [0.25, 0.3) is 0 Å². The van der Waals surface area contributed by atoms with Gasteiger partial charge in [0.1, 0.15) is 11.5 Å². The molecule has 6 heteroatoms. The highest BCUT2D eigenvalue weighted by atomic mass is 16.5. The second-order valence-corrected chi connectivity index (χ2v) is 5.80. The number of carbonyl (C=O) groups is 1. The Kier molecular flexibility index (Phi) is 5.53. The highest BCUT2D eigenvalue weighted by Crippen LogP contribution is 2.23. The molecule has 0 radical (unpaired) electrons. The van der Waals surface area contributed by atoms with Gasteiger partial charge in [0, 0.05) is 25.5 Å². The van der Waals surface area contributed by atoms with Gasteiger partial charge in [-0.3, -0.25) is 4.79 Å². The van der Waals surface area contributed by atoms with Crippen molar-refractivity contribution in [3.05, 3.63) is 77.9 Å². The number of ether oxygens (including phenoxy) is 2. The fraction of sp³-hybridized carbons (Fsp3) is 0.200. The number of methoxy groups -OCH3 is 2. The lowest BCUT2D eigenvalue weighted by Gasteiger charge is -2.11. The van der Waals surface area contributed by atoms with Gasteiger partial charge in [0.25, 0.3) is 5.91 Å². The monoisotopic (exact) mass is 351 g/mol. The zero-order chi connectivity index (χ0) is 18.4. The normalized spacial score (nSPS) is 10.4. The minimum absolute atomic E-state index is 0.205. The molecule has 26 heavy (non-hydrogen) atoms. The molecular formula is C20H21N3O3. The van der Waals surface area contributed by atoms with Crippen LogP contribution < -0.4 is 14.8 Å². The lowest BCUT2D eigenvalue weighted by atomic mass is 10.1.